The van der Waals surface area contributed by atoms with Gasteiger partial charge in [-0.15, -0.1) is 0 Å². The van der Waals surface area contributed by atoms with E-state index in [1.54, 1.807) is 7.11 Å². The van der Waals surface area contributed by atoms with E-state index in [1.807, 2.05) is 52.0 Å². The Kier molecular flexibility index (Phi) is 7.72. The number of carbonyl (C=O) groups is 1. The summed E-state index contributed by atoms with van der Waals surface area (Å²) >= 11 is 0. The van der Waals surface area contributed by atoms with Gasteiger partial charge in [-0.3, -0.25) is 4.79 Å². The largest absolute Gasteiger partial charge is 0.383 e. The predicted octanol–water partition coefficient (Wildman–Crippen LogP) is 4.67. The van der Waals surface area contributed by atoms with Crippen molar-refractivity contribution >= 4 is 22.4 Å². The lowest BCUT2D eigenvalue weighted by atomic mass is 9.96. The molecule has 0 radical (unpaired) electrons. The highest BCUT2D eigenvalue weighted by atomic mass is 16.5. The number of nitrogens with two attached hydrogens (primary N) is 1. The maximum absolute atomic E-state index is 12.6. The summed E-state index contributed by atoms with van der Waals surface area (Å²) in [6.07, 6.45) is 4.80. The normalized spacial score (nSPS) is 15.1. The van der Waals surface area contributed by atoms with Crippen molar-refractivity contribution in [3.63, 3.8) is 0 Å². The molecule has 0 fully saturated rings. The number of imidazole rings is 1. The lowest BCUT2D eigenvalue weighted by Gasteiger charge is -2.18. The molecule has 0 aliphatic rings. The molecule has 0 amide bonds. The van der Waals surface area contributed by atoms with Gasteiger partial charge in [0.15, 0.2) is 5.78 Å². The van der Waals surface area contributed by atoms with Crippen LogP contribution in [0.2, 0.25) is 0 Å². The number of methoxy groups -OCH3 is 1. The number of hydrogen-bond acceptors (Lipinski definition) is 4. The Balaban J connectivity index is 2.62. The van der Waals surface area contributed by atoms with E-state index < -0.39 is 0 Å². The minimum Gasteiger partial charge on any atom is -0.383 e. The van der Waals surface area contributed by atoms with E-state index in [0.29, 0.717) is 13.2 Å². The highest BCUT2D eigenvalue weighted by molar-refractivity contribution is 5.99. The average molecular weight is 384 g/mol. The van der Waals surface area contributed by atoms with Gasteiger partial charge in [-0.2, -0.15) is 0 Å². The summed E-state index contributed by atoms with van der Waals surface area (Å²) in [6, 6.07) is 6.23. The van der Waals surface area contributed by atoms with Gasteiger partial charge in [-0.25, -0.2) is 4.98 Å². The van der Waals surface area contributed by atoms with E-state index in [2.05, 4.69) is 17.6 Å². The predicted molar refractivity (Wildman–Crippen MR) is 116 cm³/mol. The smallest absolute Gasteiger partial charge is 0.161 e. The molecule has 5 heteroatoms. The van der Waals surface area contributed by atoms with Crippen molar-refractivity contribution in [2.45, 2.75) is 53.6 Å². The second kappa shape index (κ2) is 9.80. The van der Waals surface area contributed by atoms with E-state index in [4.69, 9.17) is 15.5 Å². The van der Waals surface area contributed by atoms with E-state index in [0.717, 1.165) is 40.0 Å². The zero-order chi connectivity index (χ0) is 20.8. The summed E-state index contributed by atoms with van der Waals surface area (Å²) in [7, 11) is 1.70. The lowest BCUT2D eigenvalue weighted by molar-refractivity contribution is -0.118. The Morgan fingerprint density at radius 3 is 2.64 bits per heavy atom. The van der Waals surface area contributed by atoms with Crippen molar-refractivity contribution in [1.29, 1.82) is 0 Å². The maximum atomic E-state index is 12.6. The molecule has 2 aromatic rings. The first-order valence-electron chi connectivity index (χ1n) is 9.96. The molecule has 1 aromatic heterocycles. The van der Waals surface area contributed by atoms with Gasteiger partial charge in [-0.05, 0) is 56.5 Å². The number of Topliss-reactive ketones (excluding diaryl/α,β-unsaturated/α-hetero) is 1. The molecule has 0 aliphatic heterocycles. The van der Waals surface area contributed by atoms with Crippen LogP contribution in [0.5, 0.6) is 0 Å². The van der Waals surface area contributed by atoms with Crippen LogP contribution in [0.25, 0.3) is 16.6 Å². The molecule has 0 bridgehead atoms. The van der Waals surface area contributed by atoms with Crippen LogP contribution in [-0.2, 0) is 16.1 Å². The van der Waals surface area contributed by atoms with Crippen LogP contribution >= 0.6 is 0 Å². The van der Waals surface area contributed by atoms with Gasteiger partial charge in [0.25, 0.3) is 0 Å². The van der Waals surface area contributed by atoms with Crippen LogP contribution in [0.4, 0.5) is 0 Å². The fourth-order valence-electron chi connectivity index (χ4n) is 3.39. The van der Waals surface area contributed by atoms with E-state index in [-0.39, 0.29) is 17.7 Å². The number of rotatable bonds is 9. The fourth-order valence-corrected chi connectivity index (χ4v) is 3.39. The number of ketones is 1. The van der Waals surface area contributed by atoms with Crippen molar-refractivity contribution in [2.24, 2.45) is 11.7 Å². The standard InChI is InChI=1S/C23H33N3O2/c1-7-15(3)22(27)16(4)11-19(8-2)23-25-20-12-18(13-24)9-10-21(20)26(23)17(5)14-28-6/h8-12,15,17H,7,13-14,24H2,1-6H3/b16-11-,19-8+/t15-,17?/m1/s1. The summed E-state index contributed by atoms with van der Waals surface area (Å²) in [5.41, 5.74) is 10.5. The first-order chi connectivity index (χ1) is 13.4. The monoisotopic (exact) mass is 383 g/mol. The van der Waals surface area contributed by atoms with Gasteiger partial charge < -0.3 is 15.0 Å². The Labute approximate surface area is 168 Å². The highest BCUT2D eigenvalue weighted by Gasteiger charge is 2.19. The van der Waals surface area contributed by atoms with E-state index in [9.17, 15) is 4.79 Å². The Bertz CT molecular complexity index is 893. The number of nitrogens with zero attached hydrogens (tertiary/aromatic N) is 2. The SMILES string of the molecule is C/C=C(\C=C(\C)C(=O)[C@H](C)CC)c1nc2cc(CN)ccc2n1C(C)COC. The maximum Gasteiger partial charge on any atom is 0.161 e. The third kappa shape index (κ3) is 4.59. The van der Waals surface area contributed by atoms with Gasteiger partial charge >= 0.3 is 0 Å². The number of aromatic nitrogens is 2. The zero-order valence-corrected chi connectivity index (χ0v) is 18.0. The molecule has 2 N–H and O–H groups in total. The number of benzene rings is 1. The van der Waals surface area contributed by atoms with Crippen LogP contribution in [0, 0.1) is 5.92 Å². The van der Waals surface area contributed by atoms with Gasteiger partial charge in [0.2, 0.25) is 0 Å². The topological polar surface area (TPSA) is 70.1 Å². The molecule has 28 heavy (non-hydrogen) atoms. The summed E-state index contributed by atoms with van der Waals surface area (Å²) in [5.74, 6) is 1.04. The first-order valence-corrected chi connectivity index (χ1v) is 9.96. The third-order valence-electron chi connectivity index (χ3n) is 5.23. The average Bonchev–Trinajstić information content (AvgIpc) is 3.08. The molecule has 0 saturated carbocycles. The summed E-state index contributed by atoms with van der Waals surface area (Å²) in [4.78, 5) is 17.5. The minimum absolute atomic E-state index is 0.0210. The van der Waals surface area contributed by atoms with Gasteiger partial charge in [-0.1, -0.05) is 26.0 Å². The lowest BCUT2D eigenvalue weighted by Crippen LogP contribution is -2.14. The number of hydrogen-bond donors (Lipinski definition) is 1. The molecule has 152 valence electrons. The fraction of sp³-hybridized carbons (Fsp3) is 0.478. The molecule has 1 heterocycles. The van der Waals surface area contributed by atoms with Crippen LogP contribution in [0.3, 0.4) is 0 Å². The number of fused-ring (bicyclic) bond motifs is 1. The van der Waals surface area contributed by atoms with Crippen molar-refractivity contribution < 1.29 is 9.53 Å². The molecule has 0 saturated heterocycles. The molecule has 0 spiro atoms. The van der Waals surface area contributed by atoms with E-state index >= 15 is 0 Å². The summed E-state index contributed by atoms with van der Waals surface area (Å²) < 4.78 is 7.58. The van der Waals surface area contributed by atoms with Gasteiger partial charge in [0.1, 0.15) is 5.82 Å². The first kappa shape index (κ1) is 22.1. The van der Waals surface area contributed by atoms with Gasteiger partial charge in [0.05, 0.1) is 23.7 Å². The Hall–Kier alpha value is -2.24. The third-order valence-corrected chi connectivity index (χ3v) is 5.23. The Morgan fingerprint density at radius 2 is 2.07 bits per heavy atom. The summed E-state index contributed by atoms with van der Waals surface area (Å²) in [5, 5.41) is 0. The molecule has 2 rings (SSSR count). The number of carbonyl (C=O) groups excluding carboxylic acids is 1. The van der Waals surface area contributed by atoms with Crippen LogP contribution in [0.1, 0.15) is 58.5 Å². The zero-order valence-electron chi connectivity index (χ0n) is 18.0. The molecule has 0 aliphatic carbocycles. The molecular formula is C23H33N3O2. The molecule has 2 atom stereocenters. The van der Waals surface area contributed by atoms with E-state index in [1.165, 1.54) is 0 Å². The van der Waals surface area contributed by atoms with Crippen molar-refractivity contribution in [1.82, 2.24) is 9.55 Å². The molecule has 5 nitrogen and oxygen atoms in total. The minimum atomic E-state index is 0.0210. The summed E-state index contributed by atoms with van der Waals surface area (Å²) in [6.45, 7) is 11.0. The number of ether oxygens (including phenoxy) is 1. The second-order valence-corrected chi connectivity index (χ2v) is 7.38. The van der Waals surface area contributed by atoms with Crippen molar-refractivity contribution in [3.8, 4) is 0 Å². The molecule has 1 aromatic carbocycles. The van der Waals surface area contributed by atoms with Crippen LogP contribution < -0.4 is 5.73 Å². The van der Waals surface area contributed by atoms with Gasteiger partial charge in [0, 0.05) is 25.1 Å². The second-order valence-electron chi connectivity index (χ2n) is 7.38. The Morgan fingerprint density at radius 1 is 1.36 bits per heavy atom. The van der Waals surface area contributed by atoms with Crippen LogP contribution in [0.15, 0.2) is 35.9 Å². The van der Waals surface area contributed by atoms with Crippen molar-refractivity contribution in [3.05, 3.63) is 47.3 Å². The number of allylic oxidation sites excluding steroid dienone is 4. The van der Waals surface area contributed by atoms with Crippen LogP contribution in [-0.4, -0.2) is 29.1 Å². The molecular weight excluding hydrogens is 350 g/mol. The quantitative estimate of drug-likeness (QED) is 0.505. The highest BCUT2D eigenvalue weighted by Crippen LogP contribution is 2.28. The molecule has 1 unspecified atom stereocenters. The van der Waals surface area contributed by atoms with Crippen molar-refractivity contribution in [2.75, 3.05) is 13.7 Å².